The molecule has 0 fully saturated rings. The van der Waals surface area contributed by atoms with Gasteiger partial charge in [0.1, 0.15) is 0 Å². The average molecular weight is 357 g/mol. The third-order valence-electron chi connectivity index (χ3n) is 3.58. The third kappa shape index (κ3) is 7.51. The van der Waals surface area contributed by atoms with Crippen molar-refractivity contribution in [3.63, 3.8) is 0 Å². The summed E-state index contributed by atoms with van der Waals surface area (Å²) < 4.78 is 0. The lowest BCUT2D eigenvalue weighted by Crippen LogP contribution is -1.98. The Balaban J connectivity index is 2.09. The van der Waals surface area contributed by atoms with Crippen molar-refractivity contribution in [2.75, 3.05) is 5.33 Å². The minimum absolute atomic E-state index is 0.0302. The van der Waals surface area contributed by atoms with Gasteiger partial charge in [-0.05, 0) is 31.0 Å². The fourth-order valence-corrected chi connectivity index (χ4v) is 2.68. The van der Waals surface area contributed by atoms with E-state index in [9.17, 15) is 15.0 Å². The van der Waals surface area contributed by atoms with E-state index < -0.39 is 0 Å². The zero-order valence-electron chi connectivity index (χ0n) is 12.5. The van der Waals surface area contributed by atoms with Crippen molar-refractivity contribution in [2.24, 2.45) is 0 Å². The fourth-order valence-electron chi connectivity index (χ4n) is 2.28. The Labute approximate surface area is 135 Å². The van der Waals surface area contributed by atoms with Gasteiger partial charge in [0.05, 0.1) is 0 Å². The number of carbonyl (C=O) groups excluding carboxylic acids is 1. The monoisotopic (exact) mass is 356 g/mol. The summed E-state index contributed by atoms with van der Waals surface area (Å²) in [6, 6.07) is 4.25. The first-order valence-corrected chi connectivity index (χ1v) is 8.88. The zero-order chi connectivity index (χ0) is 15.5. The van der Waals surface area contributed by atoms with Crippen LogP contribution in [0.25, 0.3) is 0 Å². The van der Waals surface area contributed by atoms with Crippen LogP contribution in [-0.2, 0) is 0 Å². The number of unbranched alkanes of at least 4 members (excludes halogenated alkanes) is 7. The third-order valence-corrected chi connectivity index (χ3v) is 4.15. The molecular weight excluding hydrogens is 332 g/mol. The highest BCUT2D eigenvalue weighted by Crippen LogP contribution is 2.25. The average Bonchev–Trinajstić information content (AvgIpc) is 2.48. The lowest BCUT2D eigenvalue weighted by molar-refractivity contribution is 0.0978. The molecular formula is C17H25BrO3. The van der Waals surface area contributed by atoms with E-state index in [4.69, 9.17) is 0 Å². The van der Waals surface area contributed by atoms with Gasteiger partial charge in [-0.15, -0.1) is 0 Å². The minimum atomic E-state index is -0.232. The van der Waals surface area contributed by atoms with E-state index in [0.29, 0.717) is 12.0 Å². The summed E-state index contributed by atoms with van der Waals surface area (Å²) in [5.74, 6) is -0.390. The number of halogens is 1. The van der Waals surface area contributed by atoms with Gasteiger partial charge in [-0.25, -0.2) is 0 Å². The number of phenols is 2. The molecule has 4 heteroatoms. The van der Waals surface area contributed by atoms with Crippen molar-refractivity contribution in [1.82, 2.24) is 0 Å². The number of carbonyl (C=O) groups is 1. The molecule has 0 spiro atoms. The van der Waals surface area contributed by atoms with Crippen LogP contribution < -0.4 is 0 Å². The Kier molecular flexibility index (Phi) is 9.15. The molecule has 0 unspecified atom stereocenters. The summed E-state index contributed by atoms with van der Waals surface area (Å²) in [4.78, 5) is 11.9. The van der Waals surface area contributed by atoms with Gasteiger partial charge in [0.15, 0.2) is 17.3 Å². The second-order valence-electron chi connectivity index (χ2n) is 5.39. The van der Waals surface area contributed by atoms with Crippen LogP contribution in [0.5, 0.6) is 11.5 Å². The Hall–Kier alpha value is -1.03. The van der Waals surface area contributed by atoms with Crippen molar-refractivity contribution < 1.29 is 15.0 Å². The number of benzene rings is 1. The molecule has 3 nitrogen and oxygen atoms in total. The number of rotatable bonds is 11. The fraction of sp³-hybridized carbons (Fsp3) is 0.588. The quantitative estimate of drug-likeness (QED) is 0.248. The molecule has 0 saturated heterocycles. The second kappa shape index (κ2) is 10.7. The van der Waals surface area contributed by atoms with Gasteiger partial charge in [-0.1, -0.05) is 54.5 Å². The highest BCUT2D eigenvalue weighted by molar-refractivity contribution is 9.09. The Bertz CT molecular complexity index is 432. The standard InChI is InChI=1S/C17H25BrO3/c18-12-8-6-4-2-1-3-5-7-9-15(19)14-10-11-16(20)17(21)13-14/h10-11,13,20-21H,1-9,12H2. The first-order valence-electron chi connectivity index (χ1n) is 7.76. The van der Waals surface area contributed by atoms with E-state index in [-0.39, 0.29) is 17.3 Å². The number of phenolic OH excluding ortho intramolecular Hbond substituents is 2. The summed E-state index contributed by atoms with van der Waals surface area (Å²) in [5, 5.41) is 19.7. The van der Waals surface area contributed by atoms with Crippen LogP contribution in [0.15, 0.2) is 18.2 Å². The molecule has 0 amide bonds. The summed E-state index contributed by atoms with van der Waals surface area (Å²) in [7, 11) is 0. The van der Waals surface area contributed by atoms with Crippen molar-refractivity contribution in [2.45, 2.75) is 57.8 Å². The van der Waals surface area contributed by atoms with Gasteiger partial charge < -0.3 is 10.2 Å². The molecule has 0 aliphatic rings. The molecule has 0 aliphatic carbocycles. The predicted octanol–water partition coefficient (Wildman–Crippen LogP) is 5.19. The second-order valence-corrected chi connectivity index (χ2v) is 6.19. The number of hydrogen-bond acceptors (Lipinski definition) is 3. The van der Waals surface area contributed by atoms with Gasteiger partial charge in [-0.3, -0.25) is 4.79 Å². The number of Topliss-reactive ketones (excluding diaryl/α,β-unsaturated/α-hetero) is 1. The predicted molar refractivity (Wildman–Crippen MR) is 89.4 cm³/mol. The van der Waals surface area contributed by atoms with Gasteiger partial charge in [0.25, 0.3) is 0 Å². The van der Waals surface area contributed by atoms with Crippen LogP contribution in [-0.4, -0.2) is 21.3 Å². The highest BCUT2D eigenvalue weighted by atomic mass is 79.9. The molecule has 1 aromatic rings. The van der Waals surface area contributed by atoms with Crippen molar-refractivity contribution in [3.8, 4) is 11.5 Å². The number of alkyl halides is 1. The SMILES string of the molecule is O=C(CCCCCCCCCCBr)c1ccc(O)c(O)c1. The van der Waals surface area contributed by atoms with Crippen LogP contribution in [0.2, 0.25) is 0 Å². The highest BCUT2D eigenvalue weighted by Gasteiger charge is 2.08. The van der Waals surface area contributed by atoms with E-state index >= 15 is 0 Å². The normalized spacial score (nSPS) is 10.7. The van der Waals surface area contributed by atoms with Crippen molar-refractivity contribution >= 4 is 21.7 Å². The lowest BCUT2D eigenvalue weighted by Gasteiger charge is -2.04. The first-order chi connectivity index (χ1) is 10.1. The zero-order valence-corrected chi connectivity index (χ0v) is 14.1. The van der Waals surface area contributed by atoms with E-state index in [1.807, 2.05) is 0 Å². The topological polar surface area (TPSA) is 57.5 Å². The van der Waals surface area contributed by atoms with E-state index in [0.717, 1.165) is 18.2 Å². The van der Waals surface area contributed by atoms with Crippen LogP contribution in [0.1, 0.15) is 68.1 Å². The molecule has 0 radical (unpaired) electrons. The number of aromatic hydroxyl groups is 2. The molecule has 0 heterocycles. The van der Waals surface area contributed by atoms with Crippen LogP contribution in [0.3, 0.4) is 0 Å². The summed E-state index contributed by atoms with van der Waals surface area (Å²) in [5.41, 5.74) is 0.472. The molecule has 0 aliphatic heterocycles. The van der Waals surface area contributed by atoms with Crippen LogP contribution >= 0.6 is 15.9 Å². The summed E-state index contributed by atoms with van der Waals surface area (Å²) in [6.07, 6.45) is 10.1. The number of hydrogen-bond donors (Lipinski definition) is 2. The minimum Gasteiger partial charge on any atom is -0.504 e. The maximum absolute atomic E-state index is 11.9. The Morgan fingerprint density at radius 1 is 0.857 bits per heavy atom. The van der Waals surface area contributed by atoms with E-state index in [2.05, 4.69) is 15.9 Å². The molecule has 0 atom stereocenters. The van der Waals surface area contributed by atoms with Gasteiger partial charge in [0.2, 0.25) is 0 Å². The Morgan fingerprint density at radius 3 is 2.00 bits per heavy atom. The van der Waals surface area contributed by atoms with Crippen molar-refractivity contribution in [1.29, 1.82) is 0 Å². The molecule has 0 aromatic heterocycles. The lowest BCUT2D eigenvalue weighted by atomic mass is 10.0. The van der Waals surface area contributed by atoms with Crippen LogP contribution in [0.4, 0.5) is 0 Å². The summed E-state index contributed by atoms with van der Waals surface area (Å²) >= 11 is 3.43. The molecule has 1 rings (SSSR count). The van der Waals surface area contributed by atoms with Gasteiger partial charge >= 0.3 is 0 Å². The van der Waals surface area contributed by atoms with Crippen molar-refractivity contribution in [3.05, 3.63) is 23.8 Å². The smallest absolute Gasteiger partial charge is 0.163 e. The van der Waals surface area contributed by atoms with Gasteiger partial charge in [0, 0.05) is 17.3 Å². The Morgan fingerprint density at radius 2 is 1.43 bits per heavy atom. The molecule has 2 N–H and O–H groups in total. The first kappa shape index (κ1) is 18.0. The number of ketones is 1. The molecule has 118 valence electrons. The van der Waals surface area contributed by atoms with Crippen LogP contribution in [0, 0.1) is 0 Å². The molecule has 0 bridgehead atoms. The van der Waals surface area contributed by atoms with E-state index in [1.54, 1.807) is 6.07 Å². The molecule has 1 aromatic carbocycles. The molecule has 21 heavy (non-hydrogen) atoms. The summed E-state index contributed by atoms with van der Waals surface area (Å²) in [6.45, 7) is 0. The maximum atomic E-state index is 11.9. The molecule has 0 saturated carbocycles. The van der Waals surface area contributed by atoms with E-state index in [1.165, 1.54) is 50.7 Å². The largest absolute Gasteiger partial charge is 0.504 e. The van der Waals surface area contributed by atoms with Gasteiger partial charge in [-0.2, -0.15) is 0 Å². The maximum Gasteiger partial charge on any atom is 0.163 e.